The van der Waals surface area contributed by atoms with Crippen LogP contribution < -0.4 is 9.62 Å². The first-order valence-corrected chi connectivity index (χ1v) is 11.1. The van der Waals surface area contributed by atoms with Crippen LogP contribution in [0.5, 0.6) is 0 Å². The van der Waals surface area contributed by atoms with Crippen molar-refractivity contribution >= 4 is 38.9 Å². The van der Waals surface area contributed by atoms with E-state index in [2.05, 4.69) is 5.32 Å². The topological polar surface area (TPSA) is 66.5 Å². The number of anilines is 2. The Morgan fingerprint density at radius 3 is 2.13 bits per heavy atom. The van der Waals surface area contributed by atoms with E-state index < -0.39 is 10.0 Å². The van der Waals surface area contributed by atoms with Crippen molar-refractivity contribution in [2.75, 3.05) is 16.7 Å². The number of aryl methyl sites for hydroxylation is 3. The quantitative estimate of drug-likeness (QED) is 0.579. The zero-order valence-electron chi connectivity index (χ0n) is 17.2. The average Bonchev–Trinajstić information content (AvgIpc) is 2.70. The Balaban J connectivity index is 1.84. The molecule has 3 aromatic rings. The van der Waals surface area contributed by atoms with Gasteiger partial charge in [0.25, 0.3) is 15.9 Å². The van der Waals surface area contributed by atoms with Crippen molar-refractivity contribution in [3.8, 4) is 0 Å². The van der Waals surface area contributed by atoms with E-state index in [1.165, 1.54) is 35.6 Å². The van der Waals surface area contributed by atoms with E-state index in [1.54, 1.807) is 25.1 Å². The number of sulfonamides is 1. The van der Waals surface area contributed by atoms with Gasteiger partial charge in [0.2, 0.25) is 0 Å². The summed E-state index contributed by atoms with van der Waals surface area (Å²) in [6, 6.07) is 16.7. The Hall–Kier alpha value is -2.83. The summed E-state index contributed by atoms with van der Waals surface area (Å²) >= 11 is 5.86. The Kier molecular flexibility index (Phi) is 6.19. The number of benzene rings is 3. The van der Waals surface area contributed by atoms with E-state index >= 15 is 0 Å². The number of carbonyl (C=O) groups excluding carboxylic acids is 1. The van der Waals surface area contributed by atoms with Crippen molar-refractivity contribution in [3.63, 3.8) is 0 Å². The average molecular weight is 443 g/mol. The maximum atomic E-state index is 12.9. The van der Waals surface area contributed by atoms with Gasteiger partial charge in [0.05, 0.1) is 10.6 Å². The van der Waals surface area contributed by atoms with Gasteiger partial charge in [0.1, 0.15) is 0 Å². The van der Waals surface area contributed by atoms with E-state index in [4.69, 9.17) is 11.6 Å². The molecule has 0 saturated heterocycles. The van der Waals surface area contributed by atoms with Crippen molar-refractivity contribution < 1.29 is 13.2 Å². The molecular formula is C23H23ClN2O3S. The number of halogens is 1. The minimum Gasteiger partial charge on any atom is -0.322 e. The number of nitrogens with zero attached hydrogens (tertiary/aromatic N) is 1. The molecule has 0 spiro atoms. The highest BCUT2D eigenvalue weighted by Crippen LogP contribution is 2.27. The molecule has 0 aliphatic carbocycles. The molecule has 0 radical (unpaired) electrons. The largest absolute Gasteiger partial charge is 0.322 e. The molecule has 0 saturated carbocycles. The predicted molar refractivity (Wildman–Crippen MR) is 122 cm³/mol. The van der Waals surface area contributed by atoms with Crippen molar-refractivity contribution in [1.82, 2.24) is 0 Å². The molecule has 30 heavy (non-hydrogen) atoms. The van der Waals surface area contributed by atoms with Gasteiger partial charge >= 0.3 is 0 Å². The van der Waals surface area contributed by atoms with E-state index in [9.17, 15) is 13.2 Å². The molecule has 0 unspecified atom stereocenters. The van der Waals surface area contributed by atoms with Gasteiger partial charge in [-0.3, -0.25) is 9.10 Å². The maximum Gasteiger partial charge on any atom is 0.264 e. The third kappa shape index (κ3) is 4.50. The lowest BCUT2D eigenvalue weighted by molar-refractivity contribution is 0.102. The molecule has 0 aromatic heterocycles. The van der Waals surface area contributed by atoms with Gasteiger partial charge < -0.3 is 5.32 Å². The van der Waals surface area contributed by atoms with Crippen LogP contribution in [0.15, 0.2) is 65.6 Å². The first-order chi connectivity index (χ1) is 14.1. The number of hydrogen-bond acceptors (Lipinski definition) is 3. The summed E-state index contributed by atoms with van der Waals surface area (Å²) in [5, 5.41) is 3.34. The predicted octanol–water partition coefficient (Wildman–Crippen LogP) is 5.34. The van der Waals surface area contributed by atoms with Gasteiger partial charge in [-0.15, -0.1) is 0 Å². The second-order valence-electron chi connectivity index (χ2n) is 7.18. The summed E-state index contributed by atoms with van der Waals surface area (Å²) in [4.78, 5) is 12.8. The second kappa shape index (κ2) is 8.50. The molecule has 0 fully saturated rings. The minimum atomic E-state index is -3.75. The Labute approximate surface area is 182 Å². The van der Waals surface area contributed by atoms with Gasteiger partial charge in [-0.05, 0) is 92.1 Å². The van der Waals surface area contributed by atoms with E-state index in [1.807, 2.05) is 32.0 Å². The smallest absolute Gasteiger partial charge is 0.264 e. The lowest BCUT2D eigenvalue weighted by atomic mass is 10.1. The molecule has 0 bridgehead atoms. The monoisotopic (exact) mass is 442 g/mol. The summed E-state index contributed by atoms with van der Waals surface area (Å²) in [5.74, 6) is -0.254. The van der Waals surface area contributed by atoms with Gasteiger partial charge in [-0.1, -0.05) is 17.7 Å². The number of carbonyl (C=O) groups is 1. The standard InChI is InChI=1S/C23H23ClN2O3S/c1-15-5-9-20(14-16(15)2)25-23(27)18-6-12-22(17(3)13-18)26(4)30(28,29)21-10-7-19(24)8-11-21/h5-14H,1-4H3,(H,25,27). The molecular weight excluding hydrogens is 420 g/mol. The van der Waals surface area contributed by atoms with Gasteiger partial charge in [0, 0.05) is 23.3 Å². The van der Waals surface area contributed by atoms with Crippen molar-refractivity contribution in [1.29, 1.82) is 0 Å². The first-order valence-electron chi connectivity index (χ1n) is 9.33. The normalized spacial score (nSPS) is 11.2. The molecule has 5 nitrogen and oxygen atoms in total. The summed E-state index contributed by atoms with van der Waals surface area (Å²) < 4.78 is 27.0. The van der Waals surface area contributed by atoms with Crippen molar-refractivity contribution in [3.05, 3.63) is 87.9 Å². The fourth-order valence-electron chi connectivity index (χ4n) is 3.07. The molecule has 0 aliphatic heterocycles. The molecule has 3 aromatic carbocycles. The number of nitrogens with one attached hydrogen (secondary N) is 1. The zero-order valence-corrected chi connectivity index (χ0v) is 18.8. The van der Waals surface area contributed by atoms with Gasteiger partial charge in [-0.2, -0.15) is 0 Å². The SMILES string of the molecule is Cc1ccc(NC(=O)c2ccc(N(C)S(=O)(=O)c3ccc(Cl)cc3)c(C)c2)cc1C. The van der Waals surface area contributed by atoms with E-state index in [-0.39, 0.29) is 10.8 Å². The molecule has 0 heterocycles. The molecule has 7 heteroatoms. The zero-order chi connectivity index (χ0) is 22.1. The first kappa shape index (κ1) is 21.9. The van der Waals surface area contributed by atoms with E-state index in [0.717, 1.165) is 11.1 Å². The number of hydrogen-bond donors (Lipinski definition) is 1. The molecule has 0 aliphatic rings. The fraction of sp³-hybridized carbons (Fsp3) is 0.174. The summed E-state index contributed by atoms with van der Waals surface area (Å²) in [6.45, 7) is 5.77. The number of amides is 1. The van der Waals surface area contributed by atoms with Gasteiger partial charge in [-0.25, -0.2) is 8.42 Å². The number of rotatable bonds is 5. The van der Waals surface area contributed by atoms with Crippen LogP contribution in [0.4, 0.5) is 11.4 Å². The molecule has 156 valence electrons. The molecule has 0 atom stereocenters. The second-order valence-corrected chi connectivity index (χ2v) is 9.59. The molecule has 1 amide bonds. The highest BCUT2D eigenvalue weighted by Gasteiger charge is 2.23. The van der Waals surface area contributed by atoms with Crippen LogP contribution in [-0.4, -0.2) is 21.4 Å². The van der Waals surface area contributed by atoms with Crippen LogP contribution in [0.1, 0.15) is 27.0 Å². The van der Waals surface area contributed by atoms with Crippen molar-refractivity contribution in [2.24, 2.45) is 0 Å². The summed E-state index contributed by atoms with van der Waals surface area (Å²) in [5.41, 5.74) is 4.57. The van der Waals surface area contributed by atoms with Crippen LogP contribution in [0.3, 0.4) is 0 Å². The molecule has 1 N–H and O–H groups in total. The van der Waals surface area contributed by atoms with Crippen LogP contribution in [0.2, 0.25) is 5.02 Å². The Bertz CT molecular complexity index is 1210. The van der Waals surface area contributed by atoms with Crippen molar-refractivity contribution in [2.45, 2.75) is 25.7 Å². The van der Waals surface area contributed by atoms with Crippen LogP contribution in [-0.2, 0) is 10.0 Å². The van der Waals surface area contributed by atoms with E-state index in [0.29, 0.717) is 27.5 Å². The Morgan fingerprint density at radius 2 is 1.53 bits per heavy atom. The highest BCUT2D eigenvalue weighted by molar-refractivity contribution is 7.92. The molecule has 3 rings (SSSR count). The third-order valence-electron chi connectivity index (χ3n) is 5.04. The lowest BCUT2D eigenvalue weighted by Gasteiger charge is -2.22. The Morgan fingerprint density at radius 1 is 0.867 bits per heavy atom. The van der Waals surface area contributed by atoms with Crippen LogP contribution in [0, 0.1) is 20.8 Å². The highest BCUT2D eigenvalue weighted by atomic mass is 35.5. The third-order valence-corrected chi connectivity index (χ3v) is 7.07. The van der Waals surface area contributed by atoms with Crippen LogP contribution >= 0.6 is 11.6 Å². The van der Waals surface area contributed by atoms with Gasteiger partial charge in [0.15, 0.2) is 0 Å². The minimum absolute atomic E-state index is 0.144. The lowest BCUT2D eigenvalue weighted by Crippen LogP contribution is -2.27. The fourth-order valence-corrected chi connectivity index (χ4v) is 4.45. The van der Waals surface area contributed by atoms with Crippen LogP contribution in [0.25, 0.3) is 0 Å². The summed E-state index contributed by atoms with van der Waals surface area (Å²) in [6.07, 6.45) is 0. The maximum absolute atomic E-state index is 12.9. The summed E-state index contributed by atoms with van der Waals surface area (Å²) in [7, 11) is -2.26.